The van der Waals surface area contributed by atoms with Gasteiger partial charge in [0.05, 0.1) is 17.2 Å². The predicted molar refractivity (Wildman–Crippen MR) is 117 cm³/mol. The summed E-state index contributed by atoms with van der Waals surface area (Å²) < 4.78 is 25.6. The van der Waals surface area contributed by atoms with Gasteiger partial charge in [0, 0.05) is 37.4 Å². The fourth-order valence-electron chi connectivity index (χ4n) is 3.99. The van der Waals surface area contributed by atoms with Crippen molar-refractivity contribution in [1.29, 1.82) is 0 Å². The van der Waals surface area contributed by atoms with Crippen LogP contribution in [0, 0.1) is 5.92 Å². The number of aromatic nitrogens is 6. The van der Waals surface area contributed by atoms with E-state index >= 15 is 0 Å². The Bertz CT molecular complexity index is 1240. The molecular weight excluding hydrogens is 416 g/mol. The van der Waals surface area contributed by atoms with Crippen molar-refractivity contribution in [3.63, 3.8) is 0 Å². The van der Waals surface area contributed by atoms with Crippen molar-refractivity contribution in [2.75, 3.05) is 35.6 Å². The summed E-state index contributed by atoms with van der Waals surface area (Å²) in [5.74, 6) is 3.04. The van der Waals surface area contributed by atoms with Gasteiger partial charge >= 0.3 is 0 Å². The molecule has 1 N–H and O–H groups in total. The quantitative estimate of drug-likeness (QED) is 0.636. The summed E-state index contributed by atoms with van der Waals surface area (Å²) in [6.07, 6.45) is 0.448. The highest BCUT2D eigenvalue weighted by molar-refractivity contribution is 7.90. The first-order valence-corrected chi connectivity index (χ1v) is 12.3. The molecular formula is C20H26N8O2S. The van der Waals surface area contributed by atoms with Crippen molar-refractivity contribution in [1.82, 2.24) is 30.0 Å². The van der Waals surface area contributed by atoms with Crippen LogP contribution in [0.25, 0.3) is 5.65 Å². The smallest absolute Gasteiger partial charge is 0.178 e. The molecule has 0 aliphatic carbocycles. The molecule has 3 aromatic rings. The summed E-state index contributed by atoms with van der Waals surface area (Å²) in [6, 6.07) is 5.76. The Morgan fingerprint density at radius 2 is 1.94 bits per heavy atom. The van der Waals surface area contributed by atoms with E-state index in [2.05, 4.69) is 51.4 Å². The van der Waals surface area contributed by atoms with E-state index in [1.807, 2.05) is 22.7 Å². The second-order valence-electron chi connectivity index (χ2n) is 9.43. The van der Waals surface area contributed by atoms with Gasteiger partial charge in [0.15, 0.2) is 21.3 Å². The van der Waals surface area contributed by atoms with Crippen molar-refractivity contribution >= 4 is 27.1 Å². The maximum atomic E-state index is 11.9. The first kappa shape index (κ1) is 20.1. The number of aryl methyl sites for hydroxylation is 1. The molecule has 0 bridgehead atoms. The topological polar surface area (TPSA) is 118 Å². The largest absolute Gasteiger partial charge is 0.368 e. The average Bonchev–Trinajstić information content (AvgIpc) is 3.09. The van der Waals surface area contributed by atoms with Gasteiger partial charge in [-0.2, -0.15) is 9.61 Å². The summed E-state index contributed by atoms with van der Waals surface area (Å²) in [5.41, 5.74) is 2.17. The molecule has 0 spiro atoms. The lowest BCUT2D eigenvalue weighted by molar-refractivity contribution is 0.423. The van der Waals surface area contributed by atoms with E-state index < -0.39 is 9.84 Å². The van der Waals surface area contributed by atoms with E-state index in [1.54, 1.807) is 0 Å². The van der Waals surface area contributed by atoms with Crippen molar-refractivity contribution in [3.05, 3.63) is 35.3 Å². The van der Waals surface area contributed by atoms with Gasteiger partial charge in [-0.25, -0.2) is 8.42 Å². The molecule has 5 rings (SSSR count). The molecule has 1 fully saturated rings. The maximum absolute atomic E-state index is 11.9. The molecule has 31 heavy (non-hydrogen) atoms. The van der Waals surface area contributed by atoms with Gasteiger partial charge in [-0.05, 0) is 23.8 Å². The first-order chi connectivity index (χ1) is 14.7. The second-order valence-corrected chi connectivity index (χ2v) is 11.6. The minimum atomic E-state index is -3.02. The Balaban J connectivity index is 1.21. The van der Waals surface area contributed by atoms with Crippen LogP contribution in [0.2, 0.25) is 0 Å². The van der Waals surface area contributed by atoms with Gasteiger partial charge in [0.1, 0.15) is 11.6 Å². The highest BCUT2D eigenvalue weighted by Gasteiger charge is 2.29. The van der Waals surface area contributed by atoms with E-state index in [0.717, 1.165) is 48.2 Å². The number of sulfone groups is 1. The Kier molecular flexibility index (Phi) is 4.61. The van der Waals surface area contributed by atoms with E-state index in [1.165, 1.54) is 0 Å². The third-order valence-corrected chi connectivity index (χ3v) is 7.33. The number of anilines is 2. The third kappa shape index (κ3) is 3.93. The van der Waals surface area contributed by atoms with Gasteiger partial charge in [-0.3, -0.25) is 0 Å². The fraction of sp³-hybridized carbons (Fsp3) is 0.550. The van der Waals surface area contributed by atoms with Crippen LogP contribution in [0.1, 0.15) is 37.9 Å². The van der Waals surface area contributed by atoms with E-state index in [4.69, 9.17) is 5.10 Å². The zero-order chi connectivity index (χ0) is 21.8. The van der Waals surface area contributed by atoms with Crippen LogP contribution in [-0.2, 0) is 27.4 Å². The van der Waals surface area contributed by atoms with Gasteiger partial charge in [0.2, 0.25) is 0 Å². The normalized spacial score (nSPS) is 18.6. The SMILES string of the molecule is CC(C)(C)c1nnc2ccc(N3CC(CNc4cc5c(nn4)CCS(=O)(=O)C5)C3)nn12. The highest BCUT2D eigenvalue weighted by atomic mass is 32.2. The molecule has 164 valence electrons. The van der Waals surface area contributed by atoms with Crippen LogP contribution in [0.5, 0.6) is 0 Å². The third-order valence-electron chi connectivity index (χ3n) is 5.76. The van der Waals surface area contributed by atoms with E-state index in [0.29, 0.717) is 18.2 Å². The van der Waals surface area contributed by atoms with Crippen LogP contribution in [0.3, 0.4) is 0 Å². The molecule has 0 aromatic carbocycles. The zero-order valence-electron chi connectivity index (χ0n) is 17.9. The Morgan fingerprint density at radius 3 is 2.71 bits per heavy atom. The molecule has 0 atom stereocenters. The number of nitrogens with one attached hydrogen (secondary N) is 1. The molecule has 0 amide bonds. The summed E-state index contributed by atoms with van der Waals surface area (Å²) in [7, 11) is -3.02. The molecule has 2 aliphatic heterocycles. The highest BCUT2D eigenvalue weighted by Crippen LogP contribution is 2.26. The van der Waals surface area contributed by atoms with Crippen molar-refractivity contribution in [2.45, 2.75) is 38.4 Å². The lowest BCUT2D eigenvalue weighted by Crippen LogP contribution is -2.50. The summed E-state index contributed by atoms with van der Waals surface area (Å²) in [6.45, 7) is 8.81. The average molecular weight is 443 g/mol. The van der Waals surface area contributed by atoms with Crippen molar-refractivity contribution in [2.24, 2.45) is 5.92 Å². The lowest BCUT2D eigenvalue weighted by atomic mass is 9.96. The molecule has 3 aromatic heterocycles. The number of hydrogen-bond acceptors (Lipinski definition) is 9. The number of nitrogens with zero attached hydrogens (tertiary/aromatic N) is 7. The van der Waals surface area contributed by atoms with Gasteiger partial charge in [0.25, 0.3) is 0 Å². The Hall–Kier alpha value is -2.82. The monoisotopic (exact) mass is 442 g/mol. The number of hydrogen-bond donors (Lipinski definition) is 1. The molecule has 10 nitrogen and oxygen atoms in total. The summed E-state index contributed by atoms with van der Waals surface area (Å²) in [4.78, 5) is 2.23. The molecule has 1 saturated heterocycles. The van der Waals surface area contributed by atoms with E-state index in [9.17, 15) is 8.42 Å². The first-order valence-electron chi connectivity index (χ1n) is 10.5. The minimum Gasteiger partial charge on any atom is -0.368 e. The zero-order valence-corrected chi connectivity index (χ0v) is 18.7. The maximum Gasteiger partial charge on any atom is 0.178 e. The van der Waals surface area contributed by atoms with Crippen LogP contribution in [0.15, 0.2) is 18.2 Å². The summed E-state index contributed by atoms with van der Waals surface area (Å²) >= 11 is 0. The molecule has 5 heterocycles. The van der Waals surface area contributed by atoms with Crippen molar-refractivity contribution < 1.29 is 8.42 Å². The van der Waals surface area contributed by atoms with E-state index in [-0.39, 0.29) is 16.9 Å². The molecule has 0 unspecified atom stereocenters. The van der Waals surface area contributed by atoms with Crippen LogP contribution in [0.4, 0.5) is 11.6 Å². The number of rotatable bonds is 4. The predicted octanol–water partition coefficient (Wildman–Crippen LogP) is 1.23. The fourth-order valence-corrected chi connectivity index (χ4v) is 5.36. The molecule has 11 heteroatoms. The number of fused-ring (bicyclic) bond motifs is 2. The molecule has 2 aliphatic rings. The van der Waals surface area contributed by atoms with Gasteiger partial charge < -0.3 is 10.2 Å². The van der Waals surface area contributed by atoms with Crippen molar-refractivity contribution in [3.8, 4) is 0 Å². The summed E-state index contributed by atoms with van der Waals surface area (Å²) in [5, 5.41) is 25.0. The molecule has 0 radical (unpaired) electrons. The standard InChI is InChI=1S/C20H26N8O2S/c1-20(2,3)19-25-24-17-4-5-18(26-28(17)19)27-10-13(11-27)9-21-16-8-14-12-31(29,30)7-6-15(14)22-23-16/h4-5,8,13H,6-7,9-12H2,1-3H3,(H,21,23). The van der Waals surface area contributed by atoms with Crippen LogP contribution in [-0.4, -0.2) is 63.8 Å². The molecule has 0 saturated carbocycles. The second kappa shape index (κ2) is 7.11. The Labute approximate surface area is 181 Å². The lowest BCUT2D eigenvalue weighted by Gasteiger charge is -2.40. The Morgan fingerprint density at radius 1 is 1.13 bits per heavy atom. The van der Waals surface area contributed by atoms with Crippen LogP contribution < -0.4 is 10.2 Å². The van der Waals surface area contributed by atoms with Gasteiger partial charge in [-0.1, -0.05) is 20.8 Å². The van der Waals surface area contributed by atoms with Gasteiger partial charge in [-0.15, -0.1) is 20.4 Å². The van der Waals surface area contributed by atoms with Crippen LogP contribution >= 0.6 is 0 Å². The minimum absolute atomic E-state index is 0.0531.